The molecule has 0 spiro atoms. The lowest BCUT2D eigenvalue weighted by atomic mass is 10.2. The molecule has 2 nitrogen and oxygen atoms in total. The van der Waals surface area contributed by atoms with Gasteiger partial charge in [-0.3, -0.25) is 0 Å². The molecule has 0 heterocycles. The van der Waals surface area contributed by atoms with Gasteiger partial charge in [0.05, 0.1) is 0 Å². The van der Waals surface area contributed by atoms with E-state index in [0.717, 1.165) is 24.2 Å². The lowest BCUT2D eigenvalue weighted by molar-refractivity contribution is 0.197. The molecule has 0 aliphatic heterocycles. The minimum Gasteiger partial charge on any atom is -0.489 e. The van der Waals surface area contributed by atoms with Crippen molar-refractivity contribution in [2.45, 2.75) is 32.8 Å². The van der Waals surface area contributed by atoms with E-state index in [9.17, 15) is 0 Å². The van der Waals surface area contributed by atoms with Crippen LogP contribution in [0.5, 0.6) is 5.75 Å². The third-order valence-corrected chi connectivity index (χ3v) is 2.55. The topological polar surface area (TPSA) is 35.2 Å². The first-order valence-corrected chi connectivity index (χ1v) is 5.68. The van der Waals surface area contributed by atoms with Crippen LogP contribution in [0.25, 0.3) is 0 Å². The van der Waals surface area contributed by atoms with E-state index in [1.807, 2.05) is 25.1 Å². The highest BCUT2D eigenvalue weighted by atomic mass is 35.5. The zero-order chi connectivity index (χ0) is 11.3. The number of rotatable bonds is 5. The zero-order valence-corrected chi connectivity index (χ0v) is 10.1. The van der Waals surface area contributed by atoms with Gasteiger partial charge < -0.3 is 10.5 Å². The summed E-state index contributed by atoms with van der Waals surface area (Å²) in [5, 5.41) is 0.697. The Labute approximate surface area is 96.4 Å². The third-order valence-electron chi connectivity index (χ3n) is 2.32. The van der Waals surface area contributed by atoms with Crippen LogP contribution in [-0.4, -0.2) is 12.6 Å². The molecule has 1 unspecified atom stereocenters. The van der Waals surface area contributed by atoms with Gasteiger partial charge in [-0.25, -0.2) is 0 Å². The number of hydrogen-bond acceptors (Lipinski definition) is 2. The monoisotopic (exact) mass is 227 g/mol. The summed E-state index contributed by atoms with van der Waals surface area (Å²) >= 11 is 5.91. The van der Waals surface area contributed by atoms with Crippen LogP contribution in [0.3, 0.4) is 0 Å². The fourth-order valence-electron chi connectivity index (χ4n) is 1.43. The Kier molecular flexibility index (Phi) is 4.92. The summed E-state index contributed by atoms with van der Waals surface area (Å²) in [7, 11) is 0. The molecule has 0 saturated heterocycles. The molecular formula is C12H18ClNO. The number of benzene rings is 1. The highest BCUT2D eigenvalue weighted by molar-refractivity contribution is 6.30. The first kappa shape index (κ1) is 12.3. The highest BCUT2D eigenvalue weighted by Crippen LogP contribution is 2.24. The second kappa shape index (κ2) is 5.99. The smallest absolute Gasteiger partial charge is 0.124 e. The summed E-state index contributed by atoms with van der Waals surface area (Å²) in [5.74, 6) is 0.839. The summed E-state index contributed by atoms with van der Waals surface area (Å²) in [6.45, 7) is 4.67. The summed E-state index contributed by atoms with van der Waals surface area (Å²) in [6.07, 6.45) is 2.14. The Balaban J connectivity index is 2.73. The van der Waals surface area contributed by atoms with Gasteiger partial charge in [0.15, 0.2) is 0 Å². The van der Waals surface area contributed by atoms with Gasteiger partial charge in [-0.2, -0.15) is 0 Å². The van der Waals surface area contributed by atoms with Gasteiger partial charge in [-0.15, -0.1) is 0 Å². The summed E-state index contributed by atoms with van der Waals surface area (Å²) in [6, 6.07) is 5.66. The summed E-state index contributed by atoms with van der Waals surface area (Å²) in [5.41, 5.74) is 6.73. The lowest BCUT2D eigenvalue weighted by Crippen LogP contribution is -2.26. The maximum Gasteiger partial charge on any atom is 0.124 e. The van der Waals surface area contributed by atoms with Crippen molar-refractivity contribution in [3.8, 4) is 5.75 Å². The molecule has 15 heavy (non-hydrogen) atoms. The molecule has 0 aliphatic carbocycles. The van der Waals surface area contributed by atoms with Crippen molar-refractivity contribution in [3.05, 3.63) is 28.8 Å². The summed E-state index contributed by atoms with van der Waals surface area (Å²) in [4.78, 5) is 0. The van der Waals surface area contributed by atoms with Gasteiger partial charge in [0.1, 0.15) is 11.9 Å². The molecule has 0 aliphatic rings. The Morgan fingerprint density at radius 3 is 2.80 bits per heavy atom. The van der Waals surface area contributed by atoms with Crippen molar-refractivity contribution in [2.24, 2.45) is 5.73 Å². The van der Waals surface area contributed by atoms with Gasteiger partial charge in [-0.05, 0) is 31.0 Å². The first-order chi connectivity index (χ1) is 7.17. The minimum atomic E-state index is 0.0900. The fraction of sp³-hybridized carbons (Fsp3) is 0.500. The predicted molar refractivity (Wildman–Crippen MR) is 64.6 cm³/mol. The van der Waals surface area contributed by atoms with Crippen molar-refractivity contribution < 1.29 is 4.74 Å². The van der Waals surface area contributed by atoms with Crippen LogP contribution in [0.2, 0.25) is 5.02 Å². The van der Waals surface area contributed by atoms with Crippen LogP contribution in [0, 0.1) is 6.92 Å². The molecule has 0 bridgehead atoms. The summed E-state index contributed by atoms with van der Waals surface area (Å²) < 4.78 is 5.81. The van der Waals surface area contributed by atoms with E-state index in [4.69, 9.17) is 22.1 Å². The van der Waals surface area contributed by atoms with Crippen molar-refractivity contribution >= 4 is 11.6 Å². The fourth-order valence-corrected chi connectivity index (χ4v) is 1.59. The number of aryl methyl sites for hydroxylation is 1. The second-order valence-electron chi connectivity index (χ2n) is 3.67. The largest absolute Gasteiger partial charge is 0.489 e. The van der Waals surface area contributed by atoms with Crippen LogP contribution >= 0.6 is 11.6 Å². The average molecular weight is 228 g/mol. The molecular weight excluding hydrogens is 210 g/mol. The van der Waals surface area contributed by atoms with E-state index in [1.165, 1.54) is 0 Å². The first-order valence-electron chi connectivity index (χ1n) is 5.30. The minimum absolute atomic E-state index is 0.0900. The molecule has 0 radical (unpaired) electrons. The molecule has 84 valence electrons. The standard InChI is InChI=1S/C12H18ClNO/c1-3-4-11(8-14)15-12-7-10(13)6-5-9(12)2/h5-7,11H,3-4,8,14H2,1-2H3. The Bertz CT molecular complexity index is 314. The van der Waals surface area contributed by atoms with E-state index in [0.29, 0.717) is 11.6 Å². The lowest BCUT2D eigenvalue weighted by Gasteiger charge is -2.18. The number of nitrogens with two attached hydrogens (primary N) is 1. The van der Waals surface area contributed by atoms with Gasteiger partial charge in [0, 0.05) is 11.6 Å². The maximum absolute atomic E-state index is 5.91. The molecule has 0 fully saturated rings. The third kappa shape index (κ3) is 3.73. The molecule has 1 aromatic carbocycles. The Hall–Kier alpha value is -0.730. The molecule has 3 heteroatoms. The molecule has 0 saturated carbocycles. The van der Waals surface area contributed by atoms with Crippen LogP contribution in [0.15, 0.2) is 18.2 Å². The average Bonchev–Trinajstić information content (AvgIpc) is 2.22. The van der Waals surface area contributed by atoms with Crippen molar-refractivity contribution in [3.63, 3.8) is 0 Å². The van der Waals surface area contributed by atoms with Gasteiger partial charge >= 0.3 is 0 Å². The quantitative estimate of drug-likeness (QED) is 0.839. The maximum atomic E-state index is 5.91. The molecule has 1 rings (SSSR count). The normalized spacial score (nSPS) is 12.5. The van der Waals surface area contributed by atoms with Crippen LogP contribution in [0.4, 0.5) is 0 Å². The highest BCUT2D eigenvalue weighted by Gasteiger charge is 2.09. The molecule has 1 aromatic rings. The van der Waals surface area contributed by atoms with Crippen LogP contribution < -0.4 is 10.5 Å². The van der Waals surface area contributed by atoms with Crippen LogP contribution in [0.1, 0.15) is 25.3 Å². The molecule has 0 amide bonds. The van der Waals surface area contributed by atoms with Crippen LogP contribution in [-0.2, 0) is 0 Å². The zero-order valence-electron chi connectivity index (χ0n) is 9.29. The number of halogens is 1. The van der Waals surface area contributed by atoms with Crippen molar-refractivity contribution in [2.75, 3.05) is 6.54 Å². The van der Waals surface area contributed by atoms with Gasteiger partial charge in [0.25, 0.3) is 0 Å². The van der Waals surface area contributed by atoms with Gasteiger partial charge in [0.2, 0.25) is 0 Å². The second-order valence-corrected chi connectivity index (χ2v) is 4.11. The van der Waals surface area contributed by atoms with E-state index < -0.39 is 0 Å². The molecule has 0 aromatic heterocycles. The van der Waals surface area contributed by atoms with Gasteiger partial charge in [-0.1, -0.05) is 31.0 Å². The predicted octanol–water partition coefficient (Wildman–Crippen LogP) is 3.15. The number of ether oxygens (including phenoxy) is 1. The van der Waals surface area contributed by atoms with Crippen molar-refractivity contribution in [1.82, 2.24) is 0 Å². The van der Waals surface area contributed by atoms with E-state index in [-0.39, 0.29) is 6.10 Å². The number of hydrogen-bond donors (Lipinski definition) is 1. The van der Waals surface area contributed by atoms with E-state index >= 15 is 0 Å². The van der Waals surface area contributed by atoms with E-state index in [1.54, 1.807) is 0 Å². The Morgan fingerprint density at radius 2 is 2.20 bits per heavy atom. The van der Waals surface area contributed by atoms with Crippen molar-refractivity contribution in [1.29, 1.82) is 0 Å². The Morgan fingerprint density at radius 1 is 1.47 bits per heavy atom. The molecule has 1 atom stereocenters. The molecule has 2 N–H and O–H groups in total. The SMILES string of the molecule is CCCC(CN)Oc1cc(Cl)ccc1C. The van der Waals surface area contributed by atoms with E-state index in [2.05, 4.69) is 6.92 Å².